The zero-order chi connectivity index (χ0) is 19.6. The maximum atomic E-state index is 11.7. The molecule has 0 bridgehead atoms. The van der Waals surface area contributed by atoms with E-state index in [-0.39, 0.29) is 30.2 Å². The minimum absolute atomic E-state index is 0. The number of amides is 1. The van der Waals surface area contributed by atoms with Crippen molar-refractivity contribution in [3.63, 3.8) is 0 Å². The van der Waals surface area contributed by atoms with E-state index in [1.807, 2.05) is 0 Å². The molecule has 0 aliphatic rings. The van der Waals surface area contributed by atoms with Crippen LogP contribution in [0.2, 0.25) is 0 Å². The number of ether oxygens (including phenoxy) is 2. The minimum Gasteiger partial charge on any atom is -0.507 e. The van der Waals surface area contributed by atoms with E-state index < -0.39 is 5.91 Å². The van der Waals surface area contributed by atoms with Gasteiger partial charge < -0.3 is 20.7 Å². The Hall–Kier alpha value is -3.70. The average Bonchev–Trinajstić information content (AvgIpc) is 2.68. The summed E-state index contributed by atoms with van der Waals surface area (Å²) >= 11 is 0. The molecule has 2 aromatic carbocycles. The van der Waals surface area contributed by atoms with Crippen molar-refractivity contribution in [2.24, 2.45) is 10.4 Å². The molecule has 2 aromatic rings. The van der Waals surface area contributed by atoms with Gasteiger partial charge in [-0.3, -0.25) is 10.0 Å². The number of benzene rings is 2. The molecule has 0 saturated heterocycles. The summed E-state index contributed by atoms with van der Waals surface area (Å²) in [4.78, 5) is 21.8. The number of hydroxylamine groups is 1. The molecule has 11 nitrogen and oxygen atoms in total. The number of nitroso groups, excluding NO2 is 1. The van der Waals surface area contributed by atoms with Gasteiger partial charge in [0.25, 0.3) is 5.91 Å². The van der Waals surface area contributed by atoms with Crippen molar-refractivity contribution in [1.82, 2.24) is 16.7 Å². The molecule has 0 aliphatic carbocycles. The number of nitrogens with zero attached hydrogens (tertiary/aromatic N) is 3. The first kappa shape index (κ1) is 22.3. The standard InChI is InChI=1S/C17H18N4O6.H3N/c1-26-15-7-4-13(16(22)8-15)9-18-19-17(23)11-27-14-5-2-12(3-6-14)10-21(25)20-24;/h2-9,22,25H,10-11H2,1H3,(H,19,23);1H3. The Labute approximate surface area is 160 Å². The van der Waals surface area contributed by atoms with Crippen LogP contribution in [0.4, 0.5) is 0 Å². The second-order valence-corrected chi connectivity index (χ2v) is 5.26. The first-order valence-electron chi connectivity index (χ1n) is 7.72. The number of aromatic hydroxyl groups is 1. The average molecular weight is 391 g/mol. The van der Waals surface area contributed by atoms with Crippen molar-refractivity contribution in [3.8, 4) is 17.2 Å². The Morgan fingerprint density at radius 3 is 2.50 bits per heavy atom. The van der Waals surface area contributed by atoms with E-state index in [2.05, 4.69) is 15.8 Å². The molecule has 0 radical (unpaired) electrons. The molecule has 0 heterocycles. The number of carbonyl (C=O) groups is 1. The molecular formula is C17H21N5O6. The molecule has 0 saturated carbocycles. The predicted octanol–water partition coefficient (Wildman–Crippen LogP) is 1.96. The summed E-state index contributed by atoms with van der Waals surface area (Å²) in [6.45, 7) is -0.329. The highest BCUT2D eigenvalue weighted by Gasteiger charge is 2.04. The molecule has 150 valence electrons. The van der Waals surface area contributed by atoms with Gasteiger partial charge in [-0.15, -0.1) is 10.1 Å². The number of methoxy groups -OCH3 is 1. The number of hydrogen-bond donors (Lipinski definition) is 4. The van der Waals surface area contributed by atoms with E-state index in [0.29, 0.717) is 22.6 Å². The van der Waals surface area contributed by atoms with E-state index in [9.17, 15) is 14.8 Å². The Bertz CT molecular complexity index is 812. The Morgan fingerprint density at radius 2 is 1.89 bits per heavy atom. The summed E-state index contributed by atoms with van der Waals surface area (Å²) < 4.78 is 10.3. The zero-order valence-corrected chi connectivity index (χ0v) is 15.1. The lowest BCUT2D eigenvalue weighted by atomic mass is 10.2. The fraction of sp³-hybridized carbons (Fsp3) is 0.176. The van der Waals surface area contributed by atoms with Crippen molar-refractivity contribution < 1.29 is 24.6 Å². The predicted molar refractivity (Wildman–Crippen MR) is 100 cm³/mol. The summed E-state index contributed by atoms with van der Waals surface area (Å²) in [5, 5.41) is 25.1. The van der Waals surface area contributed by atoms with Crippen LogP contribution in [0.5, 0.6) is 17.2 Å². The zero-order valence-electron chi connectivity index (χ0n) is 15.1. The highest BCUT2D eigenvalue weighted by Crippen LogP contribution is 2.21. The fourth-order valence-electron chi connectivity index (χ4n) is 2.00. The molecule has 0 unspecified atom stereocenters. The van der Waals surface area contributed by atoms with Gasteiger partial charge in [0.2, 0.25) is 0 Å². The number of nitrogens with one attached hydrogen (secondary N) is 1. The molecule has 28 heavy (non-hydrogen) atoms. The summed E-state index contributed by atoms with van der Waals surface area (Å²) in [6, 6.07) is 11.1. The van der Waals surface area contributed by atoms with Crippen LogP contribution in [0, 0.1) is 4.91 Å². The van der Waals surface area contributed by atoms with Crippen molar-refractivity contribution in [2.75, 3.05) is 13.7 Å². The van der Waals surface area contributed by atoms with Gasteiger partial charge in [-0.25, -0.2) is 5.43 Å². The van der Waals surface area contributed by atoms with Gasteiger partial charge in [0.05, 0.1) is 25.2 Å². The molecule has 0 spiro atoms. The van der Waals surface area contributed by atoms with E-state index in [4.69, 9.17) is 14.7 Å². The maximum Gasteiger partial charge on any atom is 0.277 e. The van der Waals surface area contributed by atoms with Crippen LogP contribution in [0.1, 0.15) is 11.1 Å². The summed E-state index contributed by atoms with van der Waals surface area (Å²) in [5.74, 6) is 0.404. The number of phenolic OH excluding ortho intramolecular Hbond substituents is 1. The molecule has 1 amide bonds. The van der Waals surface area contributed by atoms with Crippen molar-refractivity contribution in [2.45, 2.75) is 6.54 Å². The van der Waals surface area contributed by atoms with Crippen LogP contribution in [-0.2, 0) is 11.3 Å². The number of phenols is 1. The number of carbonyl (C=O) groups excluding carboxylic acids is 1. The fourth-order valence-corrected chi connectivity index (χ4v) is 2.00. The first-order chi connectivity index (χ1) is 13.0. The quantitative estimate of drug-likeness (QED) is 0.286. The van der Waals surface area contributed by atoms with Gasteiger partial charge >= 0.3 is 0 Å². The molecule has 0 aromatic heterocycles. The largest absolute Gasteiger partial charge is 0.507 e. The molecular weight excluding hydrogens is 370 g/mol. The first-order valence-corrected chi connectivity index (χ1v) is 7.72. The van der Waals surface area contributed by atoms with Crippen LogP contribution in [-0.4, -0.2) is 41.3 Å². The summed E-state index contributed by atoms with van der Waals surface area (Å²) in [6.07, 6.45) is 1.29. The molecule has 0 atom stereocenters. The van der Waals surface area contributed by atoms with Crippen LogP contribution in [0.3, 0.4) is 0 Å². The van der Waals surface area contributed by atoms with E-state index in [1.165, 1.54) is 19.4 Å². The SMILES string of the molecule is COc1ccc(C=NNC(=O)COc2ccc(CN(O)N=O)cc2)c(O)c1.N. The summed E-state index contributed by atoms with van der Waals surface area (Å²) in [5.41, 5.74) is 3.33. The van der Waals surface area contributed by atoms with Gasteiger partial charge in [-0.1, -0.05) is 12.1 Å². The Balaban J connectivity index is 0.00000392. The Kier molecular flexibility index (Phi) is 8.86. The number of hydrogen-bond acceptors (Lipinski definition) is 9. The Morgan fingerprint density at radius 1 is 1.21 bits per heavy atom. The van der Waals surface area contributed by atoms with Crippen molar-refractivity contribution in [1.29, 1.82) is 0 Å². The third-order valence-corrected chi connectivity index (χ3v) is 3.34. The lowest BCUT2D eigenvalue weighted by Gasteiger charge is -2.08. The minimum atomic E-state index is -0.491. The lowest BCUT2D eigenvalue weighted by Crippen LogP contribution is -2.24. The van der Waals surface area contributed by atoms with Gasteiger partial charge in [-0.2, -0.15) is 5.10 Å². The van der Waals surface area contributed by atoms with Crippen molar-refractivity contribution >= 4 is 12.1 Å². The second kappa shape index (κ2) is 11.1. The number of rotatable bonds is 9. The van der Waals surface area contributed by atoms with Crippen LogP contribution >= 0.6 is 0 Å². The second-order valence-electron chi connectivity index (χ2n) is 5.26. The maximum absolute atomic E-state index is 11.7. The molecule has 11 heteroatoms. The molecule has 2 rings (SSSR count). The highest BCUT2D eigenvalue weighted by atomic mass is 16.6. The van der Waals surface area contributed by atoms with E-state index >= 15 is 0 Å². The van der Waals surface area contributed by atoms with E-state index in [0.717, 1.165) is 0 Å². The normalized spacial score (nSPS) is 10.1. The summed E-state index contributed by atoms with van der Waals surface area (Å²) in [7, 11) is 1.49. The van der Waals surface area contributed by atoms with Crippen LogP contribution in [0.15, 0.2) is 52.9 Å². The highest BCUT2D eigenvalue weighted by molar-refractivity contribution is 5.85. The van der Waals surface area contributed by atoms with Gasteiger partial charge in [0.15, 0.2) is 6.61 Å². The smallest absolute Gasteiger partial charge is 0.277 e. The van der Waals surface area contributed by atoms with Crippen molar-refractivity contribution in [3.05, 3.63) is 58.5 Å². The monoisotopic (exact) mass is 391 g/mol. The third-order valence-electron chi connectivity index (χ3n) is 3.34. The van der Waals surface area contributed by atoms with Gasteiger partial charge in [-0.05, 0) is 29.8 Å². The third kappa shape index (κ3) is 6.90. The molecule has 0 fully saturated rings. The lowest BCUT2D eigenvalue weighted by molar-refractivity contribution is -0.123. The molecule has 0 aliphatic heterocycles. The van der Waals surface area contributed by atoms with Crippen LogP contribution < -0.4 is 21.1 Å². The number of hydrazone groups is 1. The van der Waals surface area contributed by atoms with Gasteiger partial charge in [0.1, 0.15) is 17.2 Å². The van der Waals surface area contributed by atoms with Gasteiger partial charge in [0, 0.05) is 11.6 Å². The topological polar surface area (TPSA) is 168 Å². The van der Waals surface area contributed by atoms with Crippen LogP contribution in [0.25, 0.3) is 0 Å². The van der Waals surface area contributed by atoms with E-state index in [1.54, 1.807) is 36.4 Å². The molecule has 6 N–H and O–H groups in total.